The molecule has 0 bridgehead atoms. The summed E-state index contributed by atoms with van der Waals surface area (Å²) in [5.74, 6) is 0.631. The first-order valence-corrected chi connectivity index (χ1v) is 10.0. The van der Waals surface area contributed by atoms with Gasteiger partial charge in [-0.25, -0.2) is 4.39 Å². The molecule has 0 radical (unpaired) electrons. The number of amides is 1. The largest absolute Gasteiger partial charge is 0.481 e. The van der Waals surface area contributed by atoms with Crippen LogP contribution in [0.25, 0.3) is 0 Å². The standard InChI is InChI=1S/C20H20FN3O3S/c1-13-8-10-28-18(13)20(25)24-9-4-5-14(11-24)19-22-17(27-23-19)12-26-16-7-3-2-6-15(16)21/h2-3,6-8,10,14H,4-5,9,11-12H2,1H3. The average molecular weight is 401 g/mol. The minimum absolute atomic E-state index is 0.00229. The van der Waals surface area contributed by atoms with Crippen molar-refractivity contribution >= 4 is 17.2 Å². The fourth-order valence-electron chi connectivity index (χ4n) is 3.30. The highest BCUT2D eigenvalue weighted by Gasteiger charge is 2.29. The maximum absolute atomic E-state index is 13.6. The third-order valence-electron chi connectivity index (χ3n) is 4.80. The van der Waals surface area contributed by atoms with Crippen molar-refractivity contribution in [3.8, 4) is 5.75 Å². The number of rotatable bonds is 5. The maximum atomic E-state index is 13.6. The highest BCUT2D eigenvalue weighted by atomic mass is 32.1. The highest BCUT2D eigenvalue weighted by Crippen LogP contribution is 2.28. The summed E-state index contributed by atoms with van der Waals surface area (Å²) in [6.07, 6.45) is 1.77. The summed E-state index contributed by atoms with van der Waals surface area (Å²) >= 11 is 1.47. The number of carbonyl (C=O) groups excluding carboxylic acids is 1. The van der Waals surface area contributed by atoms with Gasteiger partial charge in [0.1, 0.15) is 0 Å². The van der Waals surface area contributed by atoms with Crippen LogP contribution in [0.1, 0.15) is 45.7 Å². The van der Waals surface area contributed by atoms with Crippen LogP contribution in [0.4, 0.5) is 4.39 Å². The van der Waals surface area contributed by atoms with Gasteiger partial charge in [0.05, 0.1) is 4.88 Å². The second-order valence-corrected chi connectivity index (χ2v) is 7.70. The van der Waals surface area contributed by atoms with Crippen molar-refractivity contribution in [1.29, 1.82) is 0 Å². The SMILES string of the molecule is Cc1ccsc1C(=O)N1CCCC(c2noc(COc3ccccc3F)n2)C1. The number of thiophene rings is 1. The Bertz CT molecular complexity index is 971. The summed E-state index contributed by atoms with van der Waals surface area (Å²) in [6.45, 7) is 3.24. The number of aryl methyl sites for hydroxylation is 1. The van der Waals surface area contributed by atoms with Gasteiger partial charge in [0.15, 0.2) is 24.0 Å². The van der Waals surface area contributed by atoms with Gasteiger partial charge in [0.2, 0.25) is 0 Å². The van der Waals surface area contributed by atoms with Gasteiger partial charge >= 0.3 is 0 Å². The lowest BCUT2D eigenvalue weighted by atomic mass is 9.97. The molecule has 28 heavy (non-hydrogen) atoms. The van der Waals surface area contributed by atoms with Gasteiger partial charge in [-0.3, -0.25) is 4.79 Å². The lowest BCUT2D eigenvalue weighted by molar-refractivity contribution is 0.0708. The van der Waals surface area contributed by atoms with E-state index in [-0.39, 0.29) is 30.1 Å². The molecule has 4 rings (SSSR count). The highest BCUT2D eigenvalue weighted by molar-refractivity contribution is 7.12. The van der Waals surface area contributed by atoms with Crippen LogP contribution in [-0.4, -0.2) is 34.0 Å². The molecule has 6 nitrogen and oxygen atoms in total. The Morgan fingerprint density at radius 3 is 3.04 bits per heavy atom. The zero-order valence-electron chi connectivity index (χ0n) is 15.4. The van der Waals surface area contributed by atoms with Crippen molar-refractivity contribution in [3.63, 3.8) is 0 Å². The van der Waals surface area contributed by atoms with Crippen LogP contribution >= 0.6 is 11.3 Å². The Morgan fingerprint density at radius 1 is 1.39 bits per heavy atom. The molecule has 1 aliphatic heterocycles. The number of likely N-dealkylation sites (tertiary alicyclic amines) is 1. The van der Waals surface area contributed by atoms with Crippen LogP contribution in [0.5, 0.6) is 5.75 Å². The first-order valence-electron chi connectivity index (χ1n) is 9.15. The molecule has 1 aliphatic rings. The molecule has 0 spiro atoms. The minimum atomic E-state index is -0.437. The van der Waals surface area contributed by atoms with E-state index in [4.69, 9.17) is 9.26 Å². The number of carbonyl (C=O) groups is 1. The predicted molar refractivity (Wildman–Crippen MR) is 102 cm³/mol. The average Bonchev–Trinajstić information content (AvgIpc) is 3.36. The van der Waals surface area contributed by atoms with Crippen molar-refractivity contribution in [2.24, 2.45) is 0 Å². The Labute approximate surface area is 165 Å². The molecule has 1 atom stereocenters. The normalized spacial score (nSPS) is 16.9. The second kappa shape index (κ2) is 8.10. The van der Waals surface area contributed by atoms with E-state index in [1.54, 1.807) is 18.2 Å². The van der Waals surface area contributed by atoms with E-state index in [0.717, 1.165) is 29.8 Å². The molecule has 1 unspecified atom stereocenters. The molecule has 1 aromatic carbocycles. The summed E-state index contributed by atoms with van der Waals surface area (Å²) in [6, 6.07) is 8.13. The van der Waals surface area contributed by atoms with Crippen molar-refractivity contribution in [2.45, 2.75) is 32.3 Å². The van der Waals surface area contributed by atoms with Crippen LogP contribution in [-0.2, 0) is 6.61 Å². The molecule has 0 N–H and O–H groups in total. The molecule has 2 aromatic heterocycles. The number of hydrogen-bond acceptors (Lipinski definition) is 6. The first-order chi connectivity index (χ1) is 13.6. The second-order valence-electron chi connectivity index (χ2n) is 6.79. The lowest BCUT2D eigenvalue weighted by Crippen LogP contribution is -2.39. The topological polar surface area (TPSA) is 68.5 Å². The number of aromatic nitrogens is 2. The summed E-state index contributed by atoms with van der Waals surface area (Å²) in [4.78, 5) is 19.8. The van der Waals surface area contributed by atoms with Crippen LogP contribution in [0.3, 0.4) is 0 Å². The Morgan fingerprint density at radius 2 is 2.25 bits per heavy atom. The van der Waals surface area contributed by atoms with E-state index in [1.165, 1.54) is 17.4 Å². The van der Waals surface area contributed by atoms with Crippen molar-refractivity contribution in [2.75, 3.05) is 13.1 Å². The number of piperidine rings is 1. The quantitative estimate of drug-likeness (QED) is 0.642. The van der Waals surface area contributed by atoms with Crippen molar-refractivity contribution < 1.29 is 18.4 Å². The Balaban J connectivity index is 1.40. The van der Waals surface area contributed by atoms with Crippen LogP contribution in [0, 0.1) is 12.7 Å². The number of nitrogens with zero attached hydrogens (tertiary/aromatic N) is 3. The summed E-state index contributed by atoms with van der Waals surface area (Å²) in [5, 5.41) is 5.99. The van der Waals surface area contributed by atoms with E-state index in [9.17, 15) is 9.18 Å². The van der Waals surface area contributed by atoms with Crippen molar-refractivity contribution in [3.05, 3.63) is 63.7 Å². The van der Waals surface area contributed by atoms with Gasteiger partial charge in [-0.1, -0.05) is 17.3 Å². The van der Waals surface area contributed by atoms with Gasteiger partial charge in [-0.2, -0.15) is 4.98 Å². The third kappa shape index (κ3) is 3.91. The maximum Gasteiger partial charge on any atom is 0.264 e. The molecular formula is C20H20FN3O3S. The number of hydrogen-bond donors (Lipinski definition) is 0. The van der Waals surface area contributed by atoms with E-state index in [1.807, 2.05) is 23.3 Å². The molecule has 1 fully saturated rings. The van der Waals surface area contributed by atoms with Crippen LogP contribution < -0.4 is 4.74 Å². The van der Waals surface area contributed by atoms with Gasteiger partial charge < -0.3 is 14.2 Å². The molecule has 1 saturated heterocycles. The van der Waals surface area contributed by atoms with E-state index < -0.39 is 5.82 Å². The molecule has 0 saturated carbocycles. The molecule has 146 valence electrons. The van der Waals surface area contributed by atoms with Crippen LogP contribution in [0.15, 0.2) is 40.2 Å². The Kier molecular flexibility index (Phi) is 5.38. The number of para-hydroxylation sites is 1. The lowest BCUT2D eigenvalue weighted by Gasteiger charge is -2.31. The molecule has 1 amide bonds. The summed E-state index contributed by atoms with van der Waals surface area (Å²) < 4.78 is 24.3. The summed E-state index contributed by atoms with van der Waals surface area (Å²) in [7, 11) is 0. The van der Waals surface area contributed by atoms with Gasteiger partial charge in [-0.05, 0) is 48.9 Å². The summed E-state index contributed by atoms with van der Waals surface area (Å²) in [5.41, 5.74) is 1.00. The first kappa shape index (κ1) is 18.6. The molecule has 3 aromatic rings. The monoisotopic (exact) mass is 401 g/mol. The van der Waals surface area contributed by atoms with E-state index in [0.29, 0.717) is 12.4 Å². The van der Waals surface area contributed by atoms with E-state index in [2.05, 4.69) is 10.1 Å². The van der Waals surface area contributed by atoms with Gasteiger partial charge in [0.25, 0.3) is 11.8 Å². The number of benzene rings is 1. The smallest absolute Gasteiger partial charge is 0.264 e. The van der Waals surface area contributed by atoms with Gasteiger partial charge in [0, 0.05) is 19.0 Å². The Hall–Kier alpha value is -2.74. The van der Waals surface area contributed by atoms with E-state index >= 15 is 0 Å². The van der Waals surface area contributed by atoms with Gasteiger partial charge in [-0.15, -0.1) is 11.3 Å². The fourth-order valence-corrected chi connectivity index (χ4v) is 4.19. The number of ether oxygens (including phenoxy) is 1. The third-order valence-corrected chi connectivity index (χ3v) is 5.81. The molecule has 3 heterocycles. The fraction of sp³-hybridized carbons (Fsp3) is 0.350. The molecular weight excluding hydrogens is 381 g/mol. The zero-order chi connectivity index (χ0) is 19.5. The molecule has 0 aliphatic carbocycles. The predicted octanol–water partition coefficient (Wildman–Crippen LogP) is 4.18. The number of halogens is 1. The van der Waals surface area contributed by atoms with Crippen molar-refractivity contribution in [1.82, 2.24) is 15.0 Å². The minimum Gasteiger partial charge on any atom is -0.481 e. The zero-order valence-corrected chi connectivity index (χ0v) is 16.2. The van der Waals surface area contributed by atoms with Crippen LogP contribution in [0.2, 0.25) is 0 Å². The molecule has 8 heteroatoms.